The van der Waals surface area contributed by atoms with Crippen molar-refractivity contribution in [1.82, 2.24) is 24.7 Å². The Labute approximate surface area is 160 Å². The molecule has 2 aromatic heterocycles. The third kappa shape index (κ3) is 4.24. The average Bonchev–Trinajstić information content (AvgIpc) is 2.98. The van der Waals surface area contributed by atoms with Crippen molar-refractivity contribution < 1.29 is 0 Å². The summed E-state index contributed by atoms with van der Waals surface area (Å²) in [6.07, 6.45) is 0. The number of anilines is 2. The Morgan fingerprint density at radius 2 is 1.81 bits per heavy atom. The molecule has 1 aromatic carbocycles. The van der Waals surface area contributed by atoms with Gasteiger partial charge >= 0.3 is 0 Å². The normalized spacial score (nSPS) is 11.1. The zero-order valence-electron chi connectivity index (χ0n) is 16.9. The van der Waals surface area contributed by atoms with E-state index in [9.17, 15) is 0 Å². The number of benzene rings is 1. The highest BCUT2D eigenvalue weighted by Gasteiger charge is 2.12. The van der Waals surface area contributed by atoms with E-state index in [1.807, 2.05) is 42.7 Å². The minimum Gasteiger partial charge on any atom is -0.350 e. The molecule has 7 nitrogen and oxygen atoms in total. The summed E-state index contributed by atoms with van der Waals surface area (Å²) in [6.45, 7) is 8.83. The zero-order valence-corrected chi connectivity index (χ0v) is 16.9. The summed E-state index contributed by atoms with van der Waals surface area (Å²) < 4.78 is 1.98. The van der Waals surface area contributed by atoms with Gasteiger partial charge in [-0.05, 0) is 31.5 Å². The highest BCUT2D eigenvalue weighted by Crippen LogP contribution is 2.19. The van der Waals surface area contributed by atoms with E-state index < -0.39 is 0 Å². The van der Waals surface area contributed by atoms with E-state index >= 15 is 0 Å². The van der Waals surface area contributed by atoms with Crippen molar-refractivity contribution in [3.05, 3.63) is 53.1 Å². The number of nitrogens with one attached hydrogen (secondary N) is 1. The van der Waals surface area contributed by atoms with Gasteiger partial charge in [0.05, 0.1) is 11.4 Å². The van der Waals surface area contributed by atoms with Gasteiger partial charge in [-0.3, -0.25) is 0 Å². The second kappa shape index (κ2) is 7.73. The van der Waals surface area contributed by atoms with Gasteiger partial charge < -0.3 is 10.2 Å². The van der Waals surface area contributed by atoms with E-state index in [4.69, 9.17) is 0 Å². The van der Waals surface area contributed by atoms with Crippen molar-refractivity contribution in [3.63, 3.8) is 0 Å². The van der Waals surface area contributed by atoms with Crippen LogP contribution >= 0.6 is 0 Å². The van der Waals surface area contributed by atoms with Crippen LogP contribution < -0.4 is 10.2 Å². The first kappa shape index (κ1) is 18.8. The molecule has 0 bridgehead atoms. The molecule has 0 spiro atoms. The smallest absolute Gasteiger partial charge is 0.229 e. The number of nitrogens with zero attached hydrogens (tertiary/aromatic N) is 6. The molecule has 0 atom stereocenters. The number of aromatic nitrogens is 5. The lowest BCUT2D eigenvalue weighted by Crippen LogP contribution is -2.17. The fourth-order valence-electron chi connectivity index (χ4n) is 2.83. The minimum atomic E-state index is 0.231. The summed E-state index contributed by atoms with van der Waals surface area (Å²) in [5, 5.41) is 7.97. The van der Waals surface area contributed by atoms with Crippen LogP contribution in [0.2, 0.25) is 0 Å². The Morgan fingerprint density at radius 3 is 2.44 bits per heavy atom. The molecule has 0 radical (unpaired) electrons. The molecule has 2 heterocycles. The van der Waals surface area contributed by atoms with Gasteiger partial charge in [0, 0.05) is 32.3 Å². The predicted octanol–water partition coefficient (Wildman–Crippen LogP) is 3.48. The number of rotatable bonds is 6. The molecular weight excluding hydrogens is 338 g/mol. The summed E-state index contributed by atoms with van der Waals surface area (Å²) in [5.74, 6) is 2.25. The van der Waals surface area contributed by atoms with Crippen LogP contribution in [0.3, 0.4) is 0 Å². The number of hydrogen-bond donors (Lipinski definition) is 1. The lowest BCUT2D eigenvalue weighted by atomic mass is 10.1. The third-order valence-electron chi connectivity index (χ3n) is 4.22. The molecule has 0 aliphatic rings. The fourth-order valence-corrected chi connectivity index (χ4v) is 2.83. The van der Waals surface area contributed by atoms with Crippen molar-refractivity contribution >= 4 is 11.9 Å². The standard InChI is InChI=1S/C20H27N7/c1-13(2)18-22-19(24-20(23-18)26(5)6)21-12-16-9-7-8-10-17(16)27-15(4)11-14(3)25-27/h7-11,13H,12H2,1-6H3,(H,21,22,23,24). The van der Waals surface area contributed by atoms with Gasteiger partial charge in [-0.2, -0.15) is 20.1 Å². The van der Waals surface area contributed by atoms with Crippen molar-refractivity contribution in [2.24, 2.45) is 0 Å². The topological polar surface area (TPSA) is 71.8 Å². The molecular formula is C20H27N7. The van der Waals surface area contributed by atoms with Gasteiger partial charge in [0.1, 0.15) is 5.82 Å². The number of para-hydroxylation sites is 1. The van der Waals surface area contributed by atoms with Crippen molar-refractivity contribution in [1.29, 1.82) is 0 Å². The molecule has 0 aliphatic heterocycles. The van der Waals surface area contributed by atoms with Crippen LogP contribution in [0, 0.1) is 13.8 Å². The summed E-state index contributed by atoms with van der Waals surface area (Å²) in [4.78, 5) is 15.5. The maximum Gasteiger partial charge on any atom is 0.229 e. The maximum atomic E-state index is 4.61. The van der Waals surface area contributed by atoms with Crippen molar-refractivity contribution in [3.8, 4) is 5.69 Å². The quantitative estimate of drug-likeness (QED) is 0.721. The fraction of sp³-hybridized carbons (Fsp3) is 0.400. The Balaban J connectivity index is 1.89. The SMILES string of the molecule is Cc1cc(C)n(-c2ccccc2CNc2nc(C(C)C)nc(N(C)C)n2)n1. The van der Waals surface area contributed by atoms with Crippen LogP contribution in [0.15, 0.2) is 30.3 Å². The van der Waals surface area contributed by atoms with Gasteiger partial charge in [-0.25, -0.2) is 4.68 Å². The van der Waals surface area contributed by atoms with Gasteiger partial charge in [0.25, 0.3) is 0 Å². The molecule has 3 rings (SSSR count). The first-order valence-corrected chi connectivity index (χ1v) is 9.14. The molecule has 0 fully saturated rings. The van der Waals surface area contributed by atoms with Crippen LogP contribution in [0.25, 0.3) is 5.69 Å². The molecule has 27 heavy (non-hydrogen) atoms. The summed E-state index contributed by atoms with van der Waals surface area (Å²) in [5.41, 5.74) is 4.30. The Morgan fingerprint density at radius 1 is 1.07 bits per heavy atom. The molecule has 7 heteroatoms. The monoisotopic (exact) mass is 365 g/mol. The number of aryl methyl sites for hydroxylation is 2. The summed E-state index contributed by atoms with van der Waals surface area (Å²) in [7, 11) is 3.86. The Hall–Kier alpha value is -2.96. The molecule has 0 saturated carbocycles. The van der Waals surface area contributed by atoms with Gasteiger partial charge in [-0.15, -0.1) is 0 Å². The van der Waals surface area contributed by atoms with Crippen LogP contribution in [0.5, 0.6) is 0 Å². The Bertz CT molecular complexity index is 902. The van der Waals surface area contributed by atoms with E-state index in [-0.39, 0.29) is 5.92 Å². The molecule has 1 N–H and O–H groups in total. The van der Waals surface area contributed by atoms with Crippen LogP contribution in [-0.2, 0) is 6.54 Å². The lowest BCUT2D eigenvalue weighted by molar-refractivity contribution is 0.753. The summed E-state index contributed by atoms with van der Waals surface area (Å²) >= 11 is 0. The molecule has 142 valence electrons. The van der Waals surface area contributed by atoms with Crippen molar-refractivity contribution in [2.45, 2.75) is 40.2 Å². The zero-order chi connectivity index (χ0) is 19.6. The third-order valence-corrected chi connectivity index (χ3v) is 4.22. The first-order valence-electron chi connectivity index (χ1n) is 9.14. The highest BCUT2D eigenvalue weighted by atomic mass is 15.3. The Kier molecular flexibility index (Phi) is 5.39. The lowest BCUT2D eigenvalue weighted by Gasteiger charge is -2.16. The minimum absolute atomic E-state index is 0.231. The van der Waals surface area contributed by atoms with Crippen LogP contribution in [0.1, 0.15) is 42.5 Å². The van der Waals surface area contributed by atoms with Crippen LogP contribution in [0.4, 0.5) is 11.9 Å². The molecule has 0 saturated heterocycles. The van der Waals surface area contributed by atoms with E-state index in [0.717, 1.165) is 28.5 Å². The predicted molar refractivity (Wildman–Crippen MR) is 109 cm³/mol. The average molecular weight is 365 g/mol. The number of hydrogen-bond acceptors (Lipinski definition) is 6. The van der Waals surface area contributed by atoms with Crippen molar-refractivity contribution in [2.75, 3.05) is 24.3 Å². The molecule has 0 aliphatic carbocycles. The van der Waals surface area contributed by atoms with E-state index in [1.165, 1.54) is 0 Å². The largest absolute Gasteiger partial charge is 0.350 e. The van der Waals surface area contributed by atoms with Crippen LogP contribution in [-0.4, -0.2) is 38.8 Å². The van der Waals surface area contributed by atoms with E-state index in [1.54, 1.807) is 0 Å². The maximum absolute atomic E-state index is 4.61. The van der Waals surface area contributed by atoms with Gasteiger partial charge in [0.2, 0.25) is 11.9 Å². The molecule has 0 unspecified atom stereocenters. The van der Waals surface area contributed by atoms with Gasteiger partial charge in [-0.1, -0.05) is 32.0 Å². The summed E-state index contributed by atoms with van der Waals surface area (Å²) in [6, 6.07) is 10.3. The molecule has 0 amide bonds. The van der Waals surface area contributed by atoms with E-state index in [2.05, 4.69) is 64.3 Å². The second-order valence-corrected chi connectivity index (χ2v) is 7.19. The highest BCUT2D eigenvalue weighted by molar-refractivity contribution is 5.44. The van der Waals surface area contributed by atoms with E-state index in [0.29, 0.717) is 18.4 Å². The van der Waals surface area contributed by atoms with Gasteiger partial charge in [0.15, 0.2) is 0 Å². The first-order chi connectivity index (χ1) is 12.8. The molecule has 3 aromatic rings. The second-order valence-electron chi connectivity index (χ2n) is 7.19.